The van der Waals surface area contributed by atoms with Crippen molar-refractivity contribution in [3.63, 3.8) is 0 Å². The first kappa shape index (κ1) is 16.3. The van der Waals surface area contributed by atoms with Crippen LogP contribution in [-0.2, 0) is 0 Å². The Morgan fingerprint density at radius 3 is 2.45 bits per heavy atom. The van der Waals surface area contributed by atoms with Gasteiger partial charge in [0.25, 0.3) is 0 Å². The maximum Gasteiger partial charge on any atom is 0.229 e. The fourth-order valence-corrected chi connectivity index (χ4v) is 2.26. The monoisotopic (exact) mass is 298 g/mol. The molecule has 0 radical (unpaired) electrons. The van der Waals surface area contributed by atoms with Crippen molar-refractivity contribution < 1.29 is 0 Å². The summed E-state index contributed by atoms with van der Waals surface area (Å²) in [5.41, 5.74) is 3.29. The molecule has 0 fully saturated rings. The van der Waals surface area contributed by atoms with Crippen molar-refractivity contribution in [3.05, 3.63) is 41.6 Å². The van der Waals surface area contributed by atoms with Gasteiger partial charge in [-0.2, -0.15) is 4.98 Å². The number of benzene rings is 1. The van der Waals surface area contributed by atoms with Gasteiger partial charge in [0, 0.05) is 24.0 Å². The lowest BCUT2D eigenvalue weighted by molar-refractivity contribution is 0.687. The minimum absolute atomic E-state index is 0.451. The Balaban J connectivity index is 2.23. The first-order valence-electron chi connectivity index (χ1n) is 7.91. The lowest BCUT2D eigenvalue weighted by atomic mass is 10.0. The molecular formula is C18H26N4. The normalized spacial score (nSPS) is 11.0. The van der Waals surface area contributed by atoms with Gasteiger partial charge < -0.3 is 10.6 Å². The molecule has 118 valence electrons. The molecule has 0 aliphatic carbocycles. The molecule has 2 aromatic rings. The first-order chi connectivity index (χ1) is 10.5. The van der Waals surface area contributed by atoms with E-state index in [1.54, 1.807) is 0 Å². The number of hydrogen-bond donors (Lipinski definition) is 2. The van der Waals surface area contributed by atoms with Gasteiger partial charge in [-0.15, -0.1) is 0 Å². The molecule has 2 rings (SSSR count). The fraction of sp³-hybridized carbons (Fsp3) is 0.444. The third-order valence-corrected chi connectivity index (χ3v) is 3.37. The Kier molecular flexibility index (Phi) is 5.36. The second-order valence-corrected chi connectivity index (χ2v) is 6.36. The fourth-order valence-electron chi connectivity index (χ4n) is 2.26. The highest BCUT2D eigenvalue weighted by atomic mass is 15.1. The summed E-state index contributed by atoms with van der Waals surface area (Å²) in [5, 5.41) is 6.72. The molecule has 1 heterocycles. The summed E-state index contributed by atoms with van der Waals surface area (Å²) in [6.07, 6.45) is 0. The molecule has 1 aromatic heterocycles. The van der Waals surface area contributed by atoms with Gasteiger partial charge in [0.15, 0.2) is 0 Å². The molecule has 0 bridgehead atoms. The van der Waals surface area contributed by atoms with Crippen LogP contribution in [0.1, 0.15) is 44.9 Å². The lowest BCUT2D eigenvalue weighted by Crippen LogP contribution is -2.11. The average Bonchev–Trinajstić information content (AvgIpc) is 2.45. The second-order valence-electron chi connectivity index (χ2n) is 6.36. The zero-order chi connectivity index (χ0) is 16.1. The zero-order valence-corrected chi connectivity index (χ0v) is 14.1. The third kappa shape index (κ3) is 4.45. The highest BCUT2D eigenvalue weighted by molar-refractivity contribution is 5.60. The molecule has 22 heavy (non-hydrogen) atoms. The van der Waals surface area contributed by atoms with Gasteiger partial charge in [-0.25, -0.2) is 4.98 Å². The summed E-state index contributed by atoms with van der Waals surface area (Å²) >= 11 is 0. The van der Waals surface area contributed by atoms with E-state index in [1.165, 1.54) is 5.56 Å². The van der Waals surface area contributed by atoms with E-state index in [0.717, 1.165) is 23.7 Å². The van der Waals surface area contributed by atoms with Gasteiger partial charge in [0.2, 0.25) is 5.95 Å². The minimum atomic E-state index is 0.451. The molecule has 0 unspecified atom stereocenters. The number of aryl methyl sites for hydroxylation is 1. The van der Waals surface area contributed by atoms with E-state index in [0.29, 0.717) is 17.8 Å². The molecule has 0 aliphatic rings. The van der Waals surface area contributed by atoms with Crippen molar-refractivity contribution in [1.82, 2.24) is 9.97 Å². The molecule has 0 aliphatic heterocycles. The summed E-state index contributed by atoms with van der Waals surface area (Å²) in [5.74, 6) is 2.53. The number of hydrogen-bond acceptors (Lipinski definition) is 4. The van der Waals surface area contributed by atoms with E-state index in [4.69, 9.17) is 0 Å². The summed E-state index contributed by atoms with van der Waals surface area (Å²) in [6.45, 7) is 11.6. The zero-order valence-electron chi connectivity index (χ0n) is 14.1. The van der Waals surface area contributed by atoms with E-state index in [2.05, 4.69) is 66.5 Å². The van der Waals surface area contributed by atoms with Gasteiger partial charge >= 0.3 is 0 Å². The Morgan fingerprint density at radius 1 is 1.05 bits per heavy atom. The quantitative estimate of drug-likeness (QED) is 0.810. The Morgan fingerprint density at radius 2 is 1.77 bits per heavy atom. The molecule has 2 N–H and O–H groups in total. The van der Waals surface area contributed by atoms with Crippen molar-refractivity contribution in [3.8, 4) is 0 Å². The second kappa shape index (κ2) is 7.25. The minimum Gasteiger partial charge on any atom is -0.370 e. The molecule has 0 spiro atoms. The van der Waals surface area contributed by atoms with Crippen LogP contribution in [-0.4, -0.2) is 16.5 Å². The molecule has 4 heteroatoms. The maximum atomic E-state index is 4.57. The van der Waals surface area contributed by atoms with Crippen LogP contribution < -0.4 is 10.6 Å². The number of nitrogens with zero attached hydrogens (tertiary/aromatic N) is 2. The molecule has 4 nitrogen and oxygen atoms in total. The highest BCUT2D eigenvalue weighted by Crippen LogP contribution is 2.26. The lowest BCUT2D eigenvalue weighted by Gasteiger charge is -2.15. The van der Waals surface area contributed by atoms with Crippen LogP contribution in [0.2, 0.25) is 0 Å². The molecular weight excluding hydrogens is 272 g/mol. The Hall–Kier alpha value is -2.10. The van der Waals surface area contributed by atoms with Crippen molar-refractivity contribution in [2.45, 2.75) is 40.5 Å². The number of rotatable bonds is 6. The van der Waals surface area contributed by atoms with Gasteiger partial charge in [0.1, 0.15) is 5.82 Å². The van der Waals surface area contributed by atoms with Gasteiger partial charge in [-0.3, -0.25) is 0 Å². The van der Waals surface area contributed by atoms with Crippen LogP contribution in [0.5, 0.6) is 0 Å². The summed E-state index contributed by atoms with van der Waals surface area (Å²) in [6, 6.07) is 10.3. The van der Waals surface area contributed by atoms with E-state index < -0.39 is 0 Å². The van der Waals surface area contributed by atoms with Gasteiger partial charge in [-0.05, 0) is 30.4 Å². The van der Waals surface area contributed by atoms with E-state index >= 15 is 0 Å². The number of aromatic nitrogens is 2. The van der Waals surface area contributed by atoms with Gasteiger partial charge in [0.05, 0.1) is 0 Å². The van der Waals surface area contributed by atoms with Crippen LogP contribution >= 0.6 is 0 Å². The predicted octanol–water partition coefficient (Wildman–Crippen LogP) is 4.72. The average molecular weight is 298 g/mol. The molecule has 0 saturated heterocycles. The molecule has 0 atom stereocenters. The molecule has 0 saturated carbocycles. The largest absolute Gasteiger partial charge is 0.370 e. The standard InChI is InChI=1S/C18H26N4/c1-12(2)11-19-17-10-14(5)20-18(22-17)21-16-9-7-6-8-15(16)13(3)4/h6-10,12-13H,11H2,1-5H3,(H2,19,20,21,22). The van der Waals surface area contributed by atoms with Crippen LogP contribution in [0.4, 0.5) is 17.5 Å². The summed E-state index contributed by atoms with van der Waals surface area (Å²) in [4.78, 5) is 9.06. The number of nitrogens with one attached hydrogen (secondary N) is 2. The first-order valence-corrected chi connectivity index (χ1v) is 7.91. The van der Waals surface area contributed by atoms with Crippen LogP contribution in [0, 0.1) is 12.8 Å². The van der Waals surface area contributed by atoms with Crippen molar-refractivity contribution in [2.24, 2.45) is 5.92 Å². The summed E-state index contributed by atoms with van der Waals surface area (Å²) < 4.78 is 0. The van der Waals surface area contributed by atoms with Gasteiger partial charge in [-0.1, -0.05) is 45.9 Å². The number of para-hydroxylation sites is 1. The van der Waals surface area contributed by atoms with Crippen molar-refractivity contribution >= 4 is 17.5 Å². The van der Waals surface area contributed by atoms with Crippen LogP contribution in [0.25, 0.3) is 0 Å². The Bertz CT molecular complexity index is 620. The third-order valence-electron chi connectivity index (χ3n) is 3.37. The molecule has 1 aromatic carbocycles. The topological polar surface area (TPSA) is 49.8 Å². The van der Waals surface area contributed by atoms with Crippen molar-refractivity contribution in [2.75, 3.05) is 17.2 Å². The Labute approximate surface area is 133 Å². The van der Waals surface area contributed by atoms with Crippen LogP contribution in [0.15, 0.2) is 30.3 Å². The summed E-state index contributed by atoms with van der Waals surface area (Å²) in [7, 11) is 0. The number of anilines is 3. The van der Waals surface area contributed by atoms with Crippen molar-refractivity contribution in [1.29, 1.82) is 0 Å². The van der Waals surface area contributed by atoms with E-state index in [-0.39, 0.29) is 0 Å². The predicted molar refractivity (Wildman–Crippen MR) is 93.9 cm³/mol. The van der Waals surface area contributed by atoms with Crippen LogP contribution in [0.3, 0.4) is 0 Å². The van der Waals surface area contributed by atoms with E-state index in [1.807, 2.05) is 19.1 Å². The maximum absolute atomic E-state index is 4.57. The highest BCUT2D eigenvalue weighted by Gasteiger charge is 2.08. The SMILES string of the molecule is Cc1cc(NCC(C)C)nc(Nc2ccccc2C(C)C)n1. The molecule has 0 amide bonds. The smallest absolute Gasteiger partial charge is 0.229 e. The van der Waals surface area contributed by atoms with E-state index in [9.17, 15) is 0 Å².